The second kappa shape index (κ2) is 5.50. The average Bonchev–Trinajstić information content (AvgIpc) is 2.86. The van der Waals surface area contributed by atoms with Gasteiger partial charge in [0.15, 0.2) is 0 Å². The average molecular weight is 290 g/mol. The van der Waals surface area contributed by atoms with E-state index in [1.54, 1.807) is 0 Å². The molecule has 0 bridgehead atoms. The lowest BCUT2D eigenvalue weighted by molar-refractivity contribution is -0.132. The number of hydrogen-bond donors (Lipinski definition) is 1. The van der Waals surface area contributed by atoms with E-state index in [1.165, 1.54) is 12.8 Å². The first-order valence-corrected chi connectivity index (χ1v) is 7.34. The van der Waals surface area contributed by atoms with Gasteiger partial charge < -0.3 is 10.1 Å². The number of ether oxygens (including phenoxy) is 1. The number of alkyl halides is 1. The SMILES string of the molecule is CC1CCC(C(=O)NC2CCCC2CBr)O1. The molecule has 4 atom stereocenters. The molecule has 2 aliphatic rings. The maximum absolute atomic E-state index is 12.0. The van der Waals surface area contributed by atoms with Crippen molar-refractivity contribution >= 4 is 21.8 Å². The van der Waals surface area contributed by atoms with Crippen LogP contribution in [0.25, 0.3) is 0 Å². The number of amides is 1. The fourth-order valence-electron chi connectivity index (χ4n) is 2.68. The lowest BCUT2D eigenvalue weighted by Gasteiger charge is -2.21. The molecule has 1 heterocycles. The molecular formula is C12H20BrNO2. The Morgan fingerprint density at radius 3 is 2.81 bits per heavy atom. The first kappa shape index (κ1) is 12.4. The standard InChI is InChI=1S/C12H20BrNO2/c1-8-5-6-11(16-8)12(15)14-10-4-2-3-9(10)7-13/h8-11H,2-7H2,1H3,(H,14,15). The molecule has 16 heavy (non-hydrogen) atoms. The Morgan fingerprint density at radius 1 is 1.38 bits per heavy atom. The van der Waals surface area contributed by atoms with Gasteiger partial charge in [-0.1, -0.05) is 22.4 Å². The maximum Gasteiger partial charge on any atom is 0.249 e. The van der Waals surface area contributed by atoms with E-state index in [9.17, 15) is 4.79 Å². The normalized spacial score (nSPS) is 38.9. The van der Waals surface area contributed by atoms with E-state index < -0.39 is 0 Å². The van der Waals surface area contributed by atoms with Crippen molar-refractivity contribution < 1.29 is 9.53 Å². The molecule has 1 amide bonds. The molecule has 0 aromatic carbocycles. The quantitative estimate of drug-likeness (QED) is 0.810. The van der Waals surface area contributed by atoms with E-state index in [-0.39, 0.29) is 18.1 Å². The predicted molar refractivity (Wildman–Crippen MR) is 66.6 cm³/mol. The molecule has 1 aliphatic heterocycles. The molecule has 2 fully saturated rings. The topological polar surface area (TPSA) is 38.3 Å². The molecule has 1 aliphatic carbocycles. The highest BCUT2D eigenvalue weighted by Crippen LogP contribution is 2.28. The van der Waals surface area contributed by atoms with Crippen LogP contribution in [-0.4, -0.2) is 29.5 Å². The van der Waals surface area contributed by atoms with Crippen molar-refractivity contribution in [2.24, 2.45) is 5.92 Å². The van der Waals surface area contributed by atoms with Gasteiger partial charge in [-0.2, -0.15) is 0 Å². The third-order valence-electron chi connectivity index (χ3n) is 3.71. The van der Waals surface area contributed by atoms with Crippen LogP contribution in [0.2, 0.25) is 0 Å². The minimum atomic E-state index is -0.202. The zero-order chi connectivity index (χ0) is 11.5. The summed E-state index contributed by atoms with van der Waals surface area (Å²) in [6.07, 6.45) is 5.48. The first-order valence-electron chi connectivity index (χ1n) is 6.22. The molecule has 3 nitrogen and oxygen atoms in total. The molecule has 92 valence electrons. The monoisotopic (exact) mass is 289 g/mol. The molecule has 0 aromatic heterocycles. The second-order valence-corrected chi connectivity index (χ2v) is 5.62. The minimum absolute atomic E-state index is 0.0993. The summed E-state index contributed by atoms with van der Waals surface area (Å²) in [6, 6.07) is 0.353. The van der Waals surface area contributed by atoms with Gasteiger partial charge in [-0.15, -0.1) is 0 Å². The van der Waals surface area contributed by atoms with Crippen molar-refractivity contribution in [1.82, 2.24) is 5.32 Å². The Morgan fingerprint density at radius 2 is 2.19 bits per heavy atom. The summed E-state index contributed by atoms with van der Waals surface area (Å²) >= 11 is 3.52. The van der Waals surface area contributed by atoms with Crippen LogP contribution in [0.3, 0.4) is 0 Å². The van der Waals surface area contributed by atoms with Crippen LogP contribution in [0.15, 0.2) is 0 Å². The van der Waals surface area contributed by atoms with Gasteiger partial charge in [-0.3, -0.25) is 4.79 Å². The summed E-state index contributed by atoms with van der Waals surface area (Å²) in [5.41, 5.74) is 0. The fraction of sp³-hybridized carbons (Fsp3) is 0.917. The largest absolute Gasteiger partial charge is 0.365 e. The van der Waals surface area contributed by atoms with E-state index in [2.05, 4.69) is 21.2 Å². The van der Waals surface area contributed by atoms with Crippen molar-refractivity contribution in [2.45, 2.75) is 57.3 Å². The van der Waals surface area contributed by atoms with Gasteiger partial charge in [-0.25, -0.2) is 0 Å². The Hall–Kier alpha value is -0.0900. The molecule has 4 heteroatoms. The maximum atomic E-state index is 12.0. The van der Waals surface area contributed by atoms with Gasteiger partial charge >= 0.3 is 0 Å². The zero-order valence-corrected chi connectivity index (χ0v) is 11.3. The van der Waals surface area contributed by atoms with Gasteiger partial charge in [-0.05, 0) is 38.5 Å². The van der Waals surface area contributed by atoms with Gasteiger partial charge in [0.2, 0.25) is 5.91 Å². The highest BCUT2D eigenvalue weighted by Gasteiger charge is 2.33. The fourth-order valence-corrected chi connectivity index (χ4v) is 3.46. The summed E-state index contributed by atoms with van der Waals surface area (Å²) in [5.74, 6) is 0.699. The Bertz CT molecular complexity index is 259. The summed E-state index contributed by atoms with van der Waals surface area (Å²) in [5, 5.41) is 4.13. The zero-order valence-electron chi connectivity index (χ0n) is 9.75. The van der Waals surface area contributed by atoms with Gasteiger partial charge in [0, 0.05) is 11.4 Å². The van der Waals surface area contributed by atoms with Crippen LogP contribution in [0.4, 0.5) is 0 Å². The minimum Gasteiger partial charge on any atom is -0.365 e. The molecule has 1 saturated carbocycles. The van der Waals surface area contributed by atoms with Crippen molar-refractivity contribution in [2.75, 3.05) is 5.33 Å². The van der Waals surface area contributed by atoms with Crippen LogP contribution in [-0.2, 0) is 9.53 Å². The molecule has 1 N–H and O–H groups in total. The summed E-state index contributed by atoms with van der Waals surface area (Å²) in [4.78, 5) is 12.0. The number of hydrogen-bond acceptors (Lipinski definition) is 2. The van der Waals surface area contributed by atoms with Crippen LogP contribution < -0.4 is 5.32 Å². The number of carbonyl (C=O) groups is 1. The molecule has 4 unspecified atom stereocenters. The third-order valence-corrected chi connectivity index (χ3v) is 4.54. The highest BCUT2D eigenvalue weighted by atomic mass is 79.9. The molecule has 0 spiro atoms. The molecule has 1 saturated heterocycles. The van der Waals surface area contributed by atoms with E-state index >= 15 is 0 Å². The molecule has 0 aromatic rings. The molecule has 2 rings (SSSR count). The molecular weight excluding hydrogens is 270 g/mol. The predicted octanol–water partition coefficient (Wildman–Crippen LogP) is 2.23. The van der Waals surface area contributed by atoms with Crippen LogP contribution in [0, 0.1) is 5.92 Å². The van der Waals surface area contributed by atoms with Gasteiger partial charge in [0.25, 0.3) is 0 Å². The van der Waals surface area contributed by atoms with Crippen molar-refractivity contribution in [3.8, 4) is 0 Å². The number of nitrogens with one attached hydrogen (secondary N) is 1. The lowest BCUT2D eigenvalue weighted by Crippen LogP contribution is -2.43. The van der Waals surface area contributed by atoms with Crippen molar-refractivity contribution in [3.05, 3.63) is 0 Å². The van der Waals surface area contributed by atoms with Crippen LogP contribution in [0.5, 0.6) is 0 Å². The van der Waals surface area contributed by atoms with Crippen molar-refractivity contribution in [1.29, 1.82) is 0 Å². The smallest absolute Gasteiger partial charge is 0.249 e. The Balaban J connectivity index is 1.82. The van der Waals surface area contributed by atoms with E-state index in [1.807, 2.05) is 6.92 Å². The highest BCUT2D eigenvalue weighted by molar-refractivity contribution is 9.09. The number of rotatable bonds is 3. The van der Waals surface area contributed by atoms with Crippen molar-refractivity contribution in [3.63, 3.8) is 0 Å². The third kappa shape index (κ3) is 2.77. The van der Waals surface area contributed by atoms with E-state index in [0.29, 0.717) is 12.0 Å². The van der Waals surface area contributed by atoms with E-state index in [0.717, 1.165) is 24.6 Å². The Kier molecular flexibility index (Phi) is 4.25. The number of carbonyl (C=O) groups excluding carboxylic acids is 1. The van der Waals surface area contributed by atoms with Gasteiger partial charge in [0.1, 0.15) is 6.10 Å². The Labute approximate surface area is 105 Å². The van der Waals surface area contributed by atoms with E-state index in [4.69, 9.17) is 4.74 Å². The van der Waals surface area contributed by atoms with Crippen LogP contribution in [0.1, 0.15) is 39.0 Å². The number of halogens is 1. The first-order chi connectivity index (χ1) is 7.70. The van der Waals surface area contributed by atoms with Gasteiger partial charge in [0.05, 0.1) is 6.10 Å². The second-order valence-electron chi connectivity index (χ2n) is 4.97. The summed E-state index contributed by atoms with van der Waals surface area (Å²) in [7, 11) is 0. The summed E-state index contributed by atoms with van der Waals surface area (Å²) < 4.78 is 5.58. The van der Waals surface area contributed by atoms with Crippen LogP contribution >= 0.6 is 15.9 Å². The summed E-state index contributed by atoms with van der Waals surface area (Å²) in [6.45, 7) is 2.03. The lowest BCUT2D eigenvalue weighted by atomic mass is 10.1. The molecule has 0 radical (unpaired) electrons.